The number of nitrogens with zero attached hydrogens (tertiary/aromatic N) is 1. The normalized spacial score (nSPS) is 11.7. The Hall–Kier alpha value is -0.210. The Morgan fingerprint density at radius 1 is 1.69 bits per heavy atom. The fourth-order valence-electron chi connectivity index (χ4n) is 1.07. The Morgan fingerprint density at radius 3 is 2.88 bits per heavy atom. The van der Waals surface area contributed by atoms with Crippen LogP contribution in [0.1, 0.15) is 25.3 Å². The first-order valence-corrected chi connectivity index (χ1v) is 6.85. The van der Waals surface area contributed by atoms with Crippen LogP contribution in [0.25, 0.3) is 0 Å². The molecule has 0 atom stereocenters. The molecule has 90 valence electrons. The molecule has 0 aromatic carbocycles. The van der Waals surface area contributed by atoms with Gasteiger partial charge >= 0.3 is 5.97 Å². The van der Waals surface area contributed by atoms with Crippen molar-refractivity contribution in [3.05, 3.63) is 14.1 Å². The van der Waals surface area contributed by atoms with Crippen molar-refractivity contribution in [3.8, 4) is 0 Å². The monoisotopic (exact) mass is 354 g/mol. The van der Waals surface area contributed by atoms with Crippen molar-refractivity contribution in [1.82, 2.24) is 10.3 Å². The van der Waals surface area contributed by atoms with Crippen molar-refractivity contribution in [2.45, 2.75) is 26.8 Å². The van der Waals surface area contributed by atoms with Crippen LogP contribution in [0.3, 0.4) is 0 Å². The second-order valence-corrected chi connectivity index (χ2v) is 7.18. The SMILES string of the molecule is CC(C)(CCNCc1ncc(I)s1)C(=O)O. The first-order chi connectivity index (χ1) is 7.42. The van der Waals surface area contributed by atoms with Crippen molar-refractivity contribution >= 4 is 39.9 Å². The van der Waals surface area contributed by atoms with Gasteiger partial charge in [-0.15, -0.1) is 11.3 Å². The molecular weight excluding hydrogens is 339 g/mol. The molecule has 0 spiro atoms. The van der Waals surface area contributed by atoms with E-state index in [9.17, 15) is 4.79 Å². The molecule has 0 radical (unpaired) electrons. The third-order valence-corrected chi connectivity index (χ3v) is 4.03. The highest BCUT2D eigenvalue weighted by Gasteiger charge is 2.26. The number of carboxylic acids is 1. The van der Waals surface area contributed by atoms with E-state index in [1.807, 2.05) is 6.20 Å². The van der Waals surface area contributed by atoms with Gasteiger partial charge in [0, 0.05) is 6.54 Å². The van der Waals surface area contributed by atoms with E-state index < -0.39 is 11.4 Å². The van der Waals surface area contributed by atoms with Crippen molar-refractivity contribution in [2.75, 3.05) is 6.54 Å². The highest BCUT2D eigenvalue weighted by molar-refractivity contribution is 14.1. The van der Waals surface area contributed by atoms with Gasteiger partial charge < -0.3 is 10.4 Å². The molecule has 0 aliphatic carbocycles. The summed E-state index contributed by atoms with van der Waals surface area (Å²) in [6.45, 7) is 4.88. The van der Waals surface area contributed by atoms with Crippen LogP contribution in [0.4, 0.5) is 0 Å². The summed E-state index contributed by atoms with van der Waals surface area (Å²) >= 11 is 3.88. The highest BCUT2D eigenvalue weighted by atomic mass is 127. The quantitative estimate of drug-likeness (QED) is 0.608. The molecule has 0 saturated heterocycles. The molecule has 0 bridgehead atoms. The highest BCUT2D eigenvalue weighted by Crippen LogP contribution is 2.19. The average molecular weight is 354 g/mol. The lowest BCUT2D eigenvalue weighted by Gasteiger charge is -2.18. The molecule has 1 aromatic heterocycles. The summed E-state index contributed by atoms with van der Waals surface area (Å²) in [5.41, 5.74) is -0.662. The van der Waals surface area contributed by atoms with E-state index in [0.29, 0.717) is 19.5 Å². The van der Waals surface area contributed by atoms with Crippen LogP contribution in [0.15, 0.2) is 6.20 Å². The predicted molar refractivity (Wildman–Crippen MR) is 72.6 cm³/mol. The van der Waals surface area contributed by atoms with Gasteiger partial charge in [0.2, 0.25) is 0 Å². The van der Waals surface area contributed by atoms with Crippen molar-refractivity contribution in [2.24, 2.45) is 5.41 Å². The summed E-state index contributed by atoms with van der Waals surface area (Å²) in [7, 11) is 0. The van der Waals surface area contributed by atoms with Gasteiger partial charge in [0.25, 0.3) is 0 Å². The maximum atomic E-state index is 10.8. The summed E-state index contributed by atoms with van der Waals surface area (Å²) in [4.78, 5) is 15.1. The minimum absolute atomic E-state index is 0.616. The summed E-state index contributed by atoms with van der Waals surface area (Å²) in [6.07, 6.45) is 2.45. The molecule has 0 unspecified atom stereocenters. The number of thiazole rings is 1. The molecule has 0 saturated carbocycles. The lowest BCUT2D eigenvalue weighted by atomic mass is 9.90. The molecular formula is C10H15IN2O2S. The Morgan fingerprint density at radius 2 is 2.38 bits per heavy atom. The van der Waals surface area contributed by atoms with E-state index in [2.05, 4.69) is 32.9 Å². The molecule has 4 nitrogen and oxygen atoms in total. The molecule has 16 heavy (non-hydrogen) atoms. The van der Waals surface area contributed by atoms with Gasteiger partial charge in [-0.1, -0.05) is 0 Å². The fraction of sp³-hybridized carbons (Fsp3) is 0.600. The Labute approximate surface area is 113 Å². The molecule has 0 fully saturated rings. The molecule has 2 N–H and O–H groups in total. The van der Waals surface area contributed by atoms with Crippen molar-refractivity contribution in [1.29, 1.82) is 0 Å². The summed E-state index contributed by atoms with van der Waals surface area (Å²) in [6, 6.07) is 0. The van der Waals surface area contributed by atoms with Gasteiger partial charge in [0.05, 0.1) is 14.5 Å². The Bertz CT molecular complexity index is 365. The van der Waals surface area contributed by atoms with Crippen LogP contribution >= 0.6 is 33.9 Å². The van der Waals surface area contributed by atoms with E-state index in [-0.39, 0.29) is 0 Å². The molecule has 6 heteroatoms. The number of hydrogen-bond acceptors (Lipinski definition) is 4. The maximum absolute atomic E-state index is 10.8. The number of nitrogens with one attached hydrogen (secondary N) is 1. The zero-order chi connectivity index (χ0) is 12.2. The molecule has 1 aromatic rings. The first-order valence-electron chi connectivity index (χ1n) is 4.96. The van der Waals surface area contributed by atoms with E-state index in [0.717, 1.165) is 5.01 Å². The maximum Gasteiger partial charge on any atom is 0.309 e. The molecule has 0 amide bonds. The number of aromatic nitrogens is 1. The number of rotatable bonds is 6. The van der Waals surface area contributed by atoms with Crippen LogP contribution in [0.5, 0.6) is 0 Å². The number of aliphatic carboxylic acids is 1. The number of hydrogen-bond donors (Lipinski definition) is 2. The fourth-order valence-corrected chi connectivity index (χ4v) is 2.58. The molecule has 1 heterocycles. The minimum atomic E-state index is -0.752. The van der Waals surface area contributed by atoms with E-state index in [4.69, 9.17) is 5.11 Å². The van der Waals surface area contributed by atoms with Gasteiger partial charge in [-0.3, -0.25) is 4.79 Å². The van der Waals surface area contributed by atoms with E-state index >= 15 is 0 Å². The van der Waals surface area contributed by atoms with Crippen LogP contribution in [0, 0.1) is 8.30 Å². The largest absolute Gasteiger partial charge is 0.481 e. The van der Waals surface area contributed by atoms with Crippen LogP contribution in [-0.2, 0) is 11.3 Å². The van der Waals surface area contributed by atoms with Gasteiger partial charge in [-0.2, -0.15) is 0 Å². The smallest absolute Gasteiger partial charge is 0.309 e. The molecule has 1 rings (SSSR count). The zero-order valence-electron chi connectivity index (χ0n) is 9.29. The topological polar surface area (TPSA) is 62.2 Å². The van der Waals surface area contributed by atoms with Crippen LogP contribution in [-0.4, -0.2) is 22.6 Å². The van der Waals surface area contributed by atoms with Gasteiger partial charge in [-0.05, 0) is 49.4 Å². The third-order valence-electron chi connectivity index (χ3n) is 2.31. The van der Waals surface area contributed by atoms with E-state index in [1.54, 1.807) is 25.2 Å². The lowest BCUT2D eigenvalue weighted by molar-refractivity contribution is -0.147. The Balaban J connectivity index is 2.24. The average Bonchev–Trinajstić information content (AvgIpc) is 2.59. The zero-order valence-corrected chi connectivity index (χ0v) is 12.3. The molecule has 0 aliphatic heterocycles. The van der Waals surface area contributed by atoms with Gasteiger partial charge in [-0.25, -0.2) is 4.98 Å². The number of carbonyl (C=O) groups is 1. The van der Waals surface area contributed by atoms with Crippen molar-refractivity contribution in [3.63, 3.8) is 0 Å². The molecule has 0 aliphatic rings. The number of halogens is 1. The summed E-state index contributed by atoms with van der Waals surface area (Å²) < 4.78 is 1.17. The minimum Gasteiger partial charge on any atom is -0.481 e. The van der Waals surface area contributed by atoms with E-state index in [1.165, 1.54) is 2.88 Å². The van der Waals surface area contributed by atoms with Gasteiger partial charge in [0.15, 0.2) is 0 Å². The standard InChI is InChI=1S/C10H15IN2O2S/c1-10(2,9(14)15)3-4-12-6-8-13-5-7(11)16-8/h5,12H,3-4,6H2,1-2H3,(H,14,15). The second-order valence-electron chi connectivity index (χ2n) is 4.17. The lowest BCUT2D eigenvalue weighted by Crippen LogP contribution is -2.28. The van der Waals surface area contributed by atoms with Crippen molar-refractivity contribution < 1.29 is 9.90 Å². The van der Waals surface area contributed by atoms with Gasteiger partial charge in [0.1, 0.15) is 5.01 Å². The first kappa shape index (κ1) is 13.9. The predicted octanol–water partition coefficient (Wildman–Crippen LogP) is 2.34. The summed E-state index contributed by atoms with van der Waals surface area (Å²) in [5, 5.41) is 13.2. The van der Waals surface area contributed by atoms with Crippen LogP contribution < -0.4 is 5.32 Å². The Kier molecular flexibility index (Phi) is 5.13. The summed E-state index contributed by atoms with van der Waals surface area (Å²) in [5.74, 6) is -0.752. The van der Waals surface area contributed by atoms with Crippen LogP contribution in [0.2, 0.25) is 0 Å². The second kappa shape index (κ2) is 5.92. The number of carboxylic acid groups (broad SMARTS) is 1. The third kappa shape index (κ3) is 4.34.